The Bertz CT molecular complexity index is 169. The molecule has 1 atom stereocenters. The summed E-state index contributed by atoms with van der Waals surface area (Å²) in [5, 5.41) is 16.7. The summed E-state index contributed by atoms with van der Waals surface area (Å²) < 4.78 is 4.66. The van der Waals surface area contributed by atoms with E-state index in [1.165, 1.54) is 0 Å². The van der Waals surface area contributed by atoms with Crippen molar-refractivity contribution >= 4 is 24.6 Å². The van der Waals surface area contributed by atoms with Gasteiger partial charge in [0.05, 0.1) is 5.94 Å². The molecule has 6 heteroatoms. The average molecular weight is 194 g/mol. The lowest BCUT2D eigenvalue weighted by Crippen LogP contribution is -2.24. The fourth-order valence-electron chi connectivity index (χ4n) is 0.623. The Morgan fingerprint density at radius 1 is 1.42 bits per heavy atom. The van der Waals surface area contributed by atoms with Crippen LogP contribution in [0.3, 0.4) is 0 Å². The maximum Gasteiger partial charge on any atom is 0.332 e. The van der Waals surface area contributed by atoms with Crippen molar-refractivity contribution in [1.29, 1.82) is 0 Å². The van der Waals surface area contributed by atoms with E-state index < -0.39 is 18.0 Å². The largest absolute Gasteiger partial charge is 0.481 e. The van der Waals surface area contributed by atoms with Crippen molar-refractivity contribution in [2.45, 2.75) is 18.9 Å². The van der Waals surface area contributed by atoms with Gasteiger partial charge in [0, 0.05) is 6.42 Å². The van der Waals surface area contributed by atoms with Gasteiger partial charge in [0.2, 0.25) is 0 Å². The van der Waals surface area contributed by atoms with Crippen LogP contribution >= 0.6 is 12.6 Å². The molecule has 1 unspecified atom stereocenters. The SMILES string of the molecule is O=C(O)CCC(OCS)C(=O)O. The van der Waals surface area contributed by atoms with E-state index in [1.54, 1.807) is 0 Å². The minimum atomic E-state index is -1.16. The van der Waals surface area contributed by atoms with Crippen molar-refractivity contribution < 1.29 is 24.5 Å². The van der Waals surface area contributed by atoms with E-state index in [9.17, 15) is 9.59 Å². The van der Waals surface area contributed by atoms with E-state index in [-0.39, 0.29) is 18.8 Å². The molecule has 0 radical (unpaired) electrons. The lowest BCUT2D eigenvalue weighted by molar-refractivity contribution is -0.150. The maximum atomic E-state index is 10.4. The van der Waals surface area contributed by atoms with Gasteiger partial charge in [-0.15, -0.1) is 0 Å². The Balaban J connectivity index is 3.79. The Labute approximate surface area is 74.7 Å². The zero-order valence-electron chi connectivity index (χ0n) is 6.27. The number of thiol groups is 1. The van der Waals surface area contributed by atoms with Gasteiger partial charge < -0.3 is 14.9 Å². The van der Waals surface area contributed by atoms with Crippen LogP contribution in [0.15, 0.2) is 0 Å². The van der Waals surface area contributed by atoms with E-state index in [0.29, 0.717) is 0 Å². The summed E-state index contributed by atoms with van der Waals surface area (Å²) in [5.41, 5.74) is 0. The first-order chi connectivity index (χ1) is 5.57. The molecule has 0 amide bonds. The molecule has 5 nitrogen and oxygen atoms in total. The van der Waals surface area contributed by atoms with Crippen LogP contribution in [-0.4, -0.2) is 34.2 Å². The fraction of sp³-hybridized carbons (Fsp3) is 0.667. The summed E-state index contributed by atoms with van der Waals surface area (Å²) in [7, 11) is 0. The van der Waals surface area contributed by atoms with E-state index in [1.807, 2.05) is 0 Å². The summed E-state index contributed by atoms with van der Waals surface area (Å²) in [5.74, 6) is -2.23. The molecule has 0 aromatic carbocycles. The molecule has 0 saturated carbocycles. The van der Waals surface area contributed by atoms with Crippen LogP contribution in [0.25, 0.3) is 0 Å². The normalized spacial score (nSPS) is 12.4. The van der Waals surface area contributed by atoms with Gasteiger partial charge in [-0.25, -0.2) is 4.79 Å². The van der Waals surface area contributed by atoms with Crippen LogP contribution in [0.4, 0.5) is 0 Å². The van der Waals surface area contributed by atoms with E-state index >= 15 is 0 Å². The second kappa shape index (κ2) is 5.84. The van der Waals surface area contributed by atoms with Gasteiger partial charge in [-0.3, -0.25) is 4.79 Å². The third-order valence-electron chi connectivity index (χ3n) is 1.17. The van der Waals surface area contributed by atoms with Gasteiger partial charge >= 0.3 is 11.9 Å². The first-order valence-corrected chi connectivity index (χ1v) is 3.88. The number of rotatable bonds is 6. The van der Waals surface area contributed by atoms with Crippen LogP contribution < -0.4 is 0 Å². The fourth-order valence-corrected chi connectivity index (χ4v) is 0.803. The summed E-state index contributed by atoms with van der Waals surface area (Å²) in [4.78, 5) is 20.4. The molecule has 12 heavy (non-hydrogen) atoms. The van der Waals surface area contributed by atoms with Gasteiger partial charge in [-0.1, -0.05) is 0 Å². The van der Waals surface area contributed by atoms with Crippen LogP contribution in [-0.2, 0) is 14.3 Å². The molecule has 70 valence electrons. The van der Waals surface area contributed by atoms with Crippen LogP contribution in [0.2, 0.25) is 0 Å². The standard InChI is InChI=1S/C6H10O5S/c7-5(8)2-1-4(6(9)10)11-3-12/h4,12H,1-3H2,(H,7,8)(H,9,10). The zero-order chi connectivity index (χ0) is 9.56. The third kappa shape index (κ3) is 4.97. The third-order valence-corrected chi connectivity index (χ3v) is 1.32. The summed E-state index contributed by atoms with van der Waals surface area (Å²) in [6.07, 6.45) is -1.32. The molecule has 0 heterocycles. The van der Waals surface area contributed by atoms with E-state index in [2.05, 4.69) is 17.4 Å². The minimum Gasteiger partial charge on any atom is -0.481 e. The zero-order valence-corrected chi connectivity index (χ0v) is 7.16. The molecule has 0 aliphatic rings. The summed E-state index contributed by atoms with van der Waals surface area (Å²) >= 11 is 3.67. The van der Waals surface area contributed by atoms with Crippen LogP contribution in [0.5, 0.6) is 0 Å². The number of carboxylic acids is 2. The number of carboxylic acid groups (broad SMARTS) is 2. The van der Waals surface area contributed by atoms with Gasteiger partial charge in [0.15, 0.2) is 6.10 Å². The van der Waals surface area contributed by atoms with Crippen molar-refractivity contribution in [2.24, 2.45) is 0 Å². The minimum absolute atomic E-state index is 0.0312. The molecule has 2 N–H and O–H groups in total. The van der Waals surface area contributed by atoms with Crippen molar-refractivity contribution in [1.82, 2.24) is 0 Å². The highest BCUT2D eigenvalue weighted by molar-refractivity contribution is 7.80. The Hall–Kier alpha value is -0.750. The molecule has 0 aromatic rings. The lowest BCUT2D eigenvalue weighted by atomic mass is 10.2. The lowest BCUT2D eigenvalue weighted by Gasteiger charge is -2.09. The number of aliphatic carboxylic acids is 2. The van der Waals surface area contributed by atoms with Crippen LogP contribution in [0.1, 0.15) is 12.8 Å². The van der Waals surface area contributed by atoms with Gasteiger partial charge in [-0.05, 0) is 6.42 Å². The number of ether oxygens (including phenoxy) is 1. The van der Waals surface area contributed by atoms with Crippen molar-refractivity contribution in [3.05, 3.63) is 0 Å². The molecule has 0 saturated heterocycles. The van der Waals surface area contributed by atoms with Crippen molar-refractivity contribution in [2.75, 3.05) is 5.94 Å². The van der Waals surface area contributed by atoms with Gasteiger partial charge in [0.1, 0.15) is 0 Å². The highest BCUT2D eigenvalue weighted by atomic mass is 32.1. The molecular weight excluding hydrogens is 184 g/mol. The topological polar surface area (TPSA) is 83.8 Å². The molecule has 0 aromatic heterocycles. The predicted octanol–water partition coefficient (Wildman–Crippen LogP) is 0.208. The predicted molar refractivity (Wildman–Crippen MR) is 43.2 cm³/mol. The Kier molecular flexibility index (Phi) is 5.48. The monoisotopic (exact) mass is 194 g/mol. The molecule has 0 fully saturated rings. The number of hydrogen-bond donors (Lipinski definition) is 3. The molecule has 0 spiro atoms. The second-order valence-corrected chi connectivity index (χ2v) is 2.31. The molecule has 0 aliphatic heterocycles. The van der Waals surface area contributed by atoms with Crippen LogP contribution in [0, 0.1) is 0 Å². The number of hydrogen-bond acceptors (Lipinski definition) is 4. The molecule has 0 aliphatic carbocycles. The van der Waals surface area contributed by atoms with E-state index in [4.69, 9.17) is 10.2 Å². The maximum absolute atomic E-state index is 10.4. The molecular formula is C6H10O5S. The van der Waals surface area contributed by atoms with E-state index in [0.717, 1.165) is 0 Å². The molecule has 0 rings (SSSR count). The summed E-state index contributed by atoms with van der Waals surface area (Å²) in [6.45, 7) is 0. The number of carbonyl (C=O) groups is 2. The highest BCUT2D eigenvalue weighted by Crippen LogP contribution is 2.03. The van der Waals surface area contributed by atoms with Gasteiger partial charge in [0.25, 0.3) is 0 Å². The Morgan fingerprint density at radius 3 is 2.33 bits per heavy atom. The van der Waals surface area contributed by atoms with Crippen molar-refractivity contribution in [3.63, 3.8) is 0 Å². The first-order valence-electron chi connectivity index (χ1n) is 3.25. The van der Waals surface area contributed by atoms with Gasteiger partial charge in [-0.2, -0.15) is 12.6 Å². The quantitative estimate of drug-likeness (QED) is 0.416. The first kappa shape index (κ1) is 11.2. The summed E-state index contributed by atoms with van der Waals surface area (Å²) in [6, 6.07) is 0. The molecule has 0 bridgehead atoms. The second-order valence-electron chi connectivity index (χ2n) is 2.06. The average Bonchev–Trinajstić information content (AvgIpc) is 1.96. The smallest absolute Gasteiger partial charge is 0.332 e. The highest BCUT2D eigenvalue weighted by Gasteiger charge is 2.18. The van der Waals surface area contributed by atoms with Crippen molar-refractivity contribution in [3.8, 4) is 0 Å². The Morgan fingerprint density at radius 2 is 2.00 bits per heavy atom.